The van der Waals surface area contributed by atoms with Crippen LogP contribution in [0.4, 0.5) is 0 Å². The predicted molar refractivity (Wildman–Crippen MR) is 73.0 cm³/mol. The van der Waals surface area contributed by atoms with Crippen molar-refractivity contribution in [2.45, 2.75) is 45.1 Å². The molecule has 0 aromatic heterocycles. The Labute approximate surface area is 109 Å². The molecule has 1 aliphatic rings. The van der Waals surface area contributed by atoms with Crippen LogP contribution in [0.2, 0.25) is 0 Å². The van der Waals surface area contributed by atoms with E-state index >= 15 is 0 Å². The summed E-state index contributed by atoms with van der Waals surface area (Å²) in [5, 5.41) is 0. The van der Waals surface area contributed by atoms with Gasteiger partial charge in [-0.05, 0) is 29.7 Å². The molecule has 0 spiro atoms. The minimum Gasteiger partial charge on any atom is -0.373 e. The molecule has 1 aliphatic carbocycles. The molecule has 0 amide bonds. The summed E-state index contributed by atoms with van der Waals surface area (Å²) < 4.78 is 5.34. The number of ketones is 1. The SMILES string of the molecule is COC(C(=O)c1ccc(C(C)(C)C)cc1)C1CC1. The molecule has 2 rings (SSSR count). The molecule has 18 heavy (non-hydrogen) atoms. The molecule has 0 heterocycles. The Balaban J connectivity index is 2.16. The largest absolute Gasteiger partial charge is 0.373 e. The Bertz CT molecular complexity index is 421. The third kappa shape index (κ3) is 2.81. The number of methoxy groups -OCH3 is 1. The lowest BCUT2D eigenvalue weighted by Gasteiger charge is -2.19. The van der Waals surface area contributed by atoms with Crippen molar-refractivity contribution in [3.05, 3.63) is 35.4 Å². The van der Waals surface area contributed by atoms with Crippen molar-refractivity contribution in [3.8, 4) is 0 Å². The monoisotopic (exact) mass is 246 g/mol. The van der Waals surface area contributed by atoms with E-state index < -0.39 is 0 Å². The number of hydrogen-bond acceptors (Lipinski definition) is 2. The van der Waals surface area contributed by atoms with Crippen molar-refractivity contribution in [1.82, 2.24) is 0 Å². The van der Waals surface area contributed by atoms with Gasteiger partial charge in [-0.1, -0.05) is 45.0 Å². The Morgan fingerprint density at radius 1 is 1.22 bits per heavy atom. The molecule has 0 saturated heterocycles. The maximum absolute atomic E-state index is 12.3. The van der Waals surface area contributed by atoms with Gasteiger partial charge in [-0.2, -0.15) is 0 Å². The quantitative estimate of drug-likeness (QED) is 0.759. The highest BCUT2D eigenvalue weighted by Gasteiger charge is 2.36. The number of benzene rings is 1. The molecule has 2 heteroatoms. The van der Waals surface area contributed by atoms with Crippen LogP contribution in [0.3, 0.4) is 0 Å². The molecular weight excluding hydrogens is 224 g/mol. The number of Topliss-reactive ketones (excluding diaryl/α,β-unsaturated/α-hetero) is 1. The van der Waals surface area contributed by atoms with E-state index in [-0.39, 0.29) is 17.3 Å². The second-order valence-corrected chi connectivity index (χ2v) is 6.19. The molecule has 1 aromatic carbocycles. The molecule has 98 valence electrons. The van der Waals surface area contributed by atoms with Gasteiger partial charge in [0.15, 0.2) is 5.78 Å². The van der Waals surface area contributed by atoms with E-state index in [2.05, 4.69) is 20.8 Å². The van der Waals surface area contributed by atoms with Crippen LogP contribution < -0.4 is 0 Å². The summed E-state index contributed by atoms with van der Waals surface area (Å²) in [5.74, 6) is 0.560. The van der Waals surface area contributed by atoms with Crippen molar-refractivity contribution in [1.29, 1.82) is 0 Å². The minimum absolute atomic E-state index is 0.124. The molecule has 0 bridgehead atoms. The van der Waals surface area contributed by atoms with Gasteiger partial charge in [0.25, 0.3) is 0 Å². The van der Waals surface area contributed by atoms with Gasteiger partial charge in [0.1, 0.15) is 6.10 Å². The summed E-state index contributed by atoms with van der Waals surface area (Å²) in [7, 11) is 1.63. The van der Waals surface area contributed by atoms with E-state index in [0.717, 1.165) is 18.4 Å². The first kappa shape index (κ1) is 13.3. The lowest BCUT2D eigenvalue weighted by molar-refractivity contribution is 0.0540. The summed E-state index contributed by atoms with van der Waals surface area (Å²) in [6.45, 7) is 6.52. The smallest absolute Gasteiger partial charge is 0.191 e. The van der Waals surface area contributed by atoms with Crippen LogP contribution in [0.1, 0.15) is 49.5 Å². The maximum Gasteiger partial charge on any atom is 0.191 e. The molecule has 1 fully saturated rings. The lowest BCUT2D eigenvalue weighted by Crippen LogP contribution is -2.25. The molecule has 0 aliphatic heterocycles. The van der Waals surface area contributed by atoms with Crippen molar-refractivity contribution in [2.75, 3.05) is 7.11 Å². The number of carbonyl (C=O) groups excluding carboxylic acids is 1. The van der Waals surface area contributed by atoms with Crippen LogP contribution in [0.25, 0.3) is 0 Å². The van der Waals surface area contributed by atoms with Crippen LogP contribution >= 0.6 is 0 Å². The highest BCUT2D eigenvalue weighted by molar-refractivity contribution is 5.99. The van der Waals surface area contributed by atoms with Crippen LogP contribution in [-0.4, -0.2) is 19.0 Å². The third-order valence-corrected chi connectivity index (χ3v) is 3.60. The predicted octanol–water partition coefficient (Wildman–Crippen LogP) is 3.59. The molecule has 2 nitrogen and oxygen atoms in total. The van der Waals surface area contributed by atoms with E-state index in [4.69, 9.17) is 4.74 Å². The van der Waals surface area contributed by atoms with Crippen molar-refractivity contribution >= 4 is 5.78 Å². The first-order chi connectivity index (χ1) is 8.43. The standard InChI is InChI=1S/C16H22O2/c1-16(2,3)13-9-7-11(8-10-13)14(17)15(18-4)12-5-6-12/h7-10,12,15H,5-6H2,1-4H3. The first-order valence-corrected chi connectivity index (χ1v) is 6.61. The fourth-order valence-corrected chi connectivity index (χ4v) is 2.21. The topological polar surface area (TPSA) is 26.3 Å². The molecule has 1 atom stereocenters. The van der Waals surface area contributed by atoms with E-state index in [1.165, 1.54) is 5.56 Å². The second kappa shape index (κ2) is 4.85. The fourth-order valence-electron chi connectivity index (χ4n) is 2.21. The summed E-state index contributed by atoms with van der Waals surface area (Å²) in [6.07, 6.45) is 1.99. The maximum atomic E-state index is 12.3. The van der Waals surface area contributed by atoms with Gasteiger partial charge in [-0.15, -0.1) is 0 Å². The van der Waals surface area contributed by atoms with E-state index in [1.54, 1.807) is 7.11 Å². The minimum atomic E-state index is -0.245. The summed E-state index contributed by atoms with van der Waals surface area (Å²) >= 11 is 0. The van der Waals surface area contributed by atoms with Gasteiger partial charge < -0.3 is 4.74 Å². The molecule has 0 radical (unpaired) electrons. The molecule has 1 saturated carbocycles. The second-order valence-electron chi connectivity index (χ2n) is 6.19. The zero-order chi connectivity index (χ0) is 13.3. The Morgan fingerprint density at radius 2 is 1.78 bits per heavy atom. The number of ether oxygens (including phenoxy) is 1. The Hall–Kier alpha value is -1.15. The number of carbonyl (C=O) groups is 1. The number of hydrogen-bond donors (Lipinski definition) is 0. The molecule has 0 N–H and O–H groups in total. The summed E-state index contributed by atoms with van der Waals surface area (Å²) in [6, 6.07) is 7.95. The summed E-state index contributed by atoms with van der Waals surface area (Å²) in [5.41, 5.74) is 2.14. The van der Waals surface area contributed by atoms with Gasteiger partial charge in [0.05, 0.1) is 0 Å². The van der Waals surface area contributed by atoms with E-state index in [0.29, 0.717) is 5.92 Å². The fraction of sp³-hybridized carbons (Fsp3) is 0.562. The van der Waals surface area contributed by atoms with Gasteiger partial charge in [-0.25, -0.2) is 0 Å². The van der Waals surface area contributed by atoms with Gasteiger partial charge in [-0.3, -0.25) is 4.79 Å². The van der Waals surface area contributed by atoms with Crippen LogP contribution in [-0.2, 0) is 10.2 Å². The van der Waals surface area contributed by atoms with Crippen LogP contribution in [0.15, 0.2) is 24.3 Å². The average molecular weight is 246 g/mol. The third-order valence-electron chi connectivity index (χ3n) is 3.60. The van der Waals surface area contributed by atoms with E-state index in [1.807, 2.05) is 24.3 Å². The molecular formula is C16H22O2. The van der Waals surface area contributed by atoms with Gasteiger partial charge >= 0.3 is 0 Å². The highest BCUT2D eigenvalue weighted by Crippen LogP contribution is 2.35. The Kier molecular flexibility index (Phi) is 3.58. The first-order valence-electron chi connectivity index (χ1n) is 6.61. The molecule has 1 aromatic rings. The van der Waals surface area contributed by atoms with Crippen molar-refractivity contribution in [3.63, 3.8) is 0 Å². The van der Waals surface area contributed by atoms with Crippen molar-refractivity contribution < 1.29 is 9.53 Å². The van der Waals surface area contributed by atoms with Crippen LogP contribution in [0.5, 0.6) is 0 Å². The zero-order valence-electron chi connectivity index (χ0n) is 11.7. The Morgan fingerprint density at radius 3 is 2.17 bits per heavy atom. The van der Waals surface area contributed by atoms with E-state index in [9.17, 15) is 4.79 Å². The van der Waals surface area contributed by atoms with Gasteiger partial charge in [0, 0.05) is 12.7 Å². The summed E-state index contributed by atoms with van der Waals surface area (Å²) in [4.78, 5) is 12.3. The highest BCUT2D eigenvalue weighted by atomic mass is 16.5. The van der Waals surface area contributed by atoms with Crippen LogP contribution in [0, 0.1) is 5.92 Å². The average Bonchev–Trinajstić information content (AvgIpc) is 3.13. The number of rotatable bonds is 4. The zero-order valence-corrected chi connectivity index (χ0v) is 11.7. The van der Waals surface area contributed by atoms with Gasteiger partial charge in [0.2, 0.25) is 0 Å². The molecule has 1 unspecified atom stereocenters. The normalized spacial score (nSPS) is 17.6. The van der Waals surface area contributed by atoms with Crippen molar-refractivity contribution in [2.24, 2.45) is 5.92 Å². The lowest BCUT2D eigenvalue weighted by atomic mass is 9.86.